The number of hydrogen-bond acceptors (Lipinski definition) is 11. The molecule has 2 rings (SSSR count). The summed E-state index contributed by atoms with van der Waals surface area (Å²) in [6.45, 7) is -1.54. The summed E-state index contributed by atoms with van der Waals surface area (Å²) in [5.41, 5.74) is 0. The normalized spacial score (nSPS) is 55.5. The summed E-state index contributed by atoms with van der Waals surface area (Å²) in [6.07, 6.45) is -18.4. The summed E-state index contributed by atoms with van der Waals surface area (Å²) in [5, 5.41) is 76.7. The molecule has 0 amide bonds. The molecule has 11 nitrogen and oxygen atoms in total. The zero-order valence-electron chi connectivity index (χ0n) is 12.9. The van der Waals surface area contributed by atoms with Crippen molar-refractivity contribution < 1.29 is 56.4 Å². The maximum Gasteiger partial charge on any atom is 0.189 e. The topological polar surface area (TPSA) is 190 Å². The van der Waals surface area contributed by atoms with E-state index in [1.807, 2.05) is 0 Å². The summed E-state index contributed by atoms with van der Waals surface area (Å²) in [6, 6.07) is 0. The van der Waals surface area contributed by atoms with Crippen molar-refractivity contribution in [1.82, 2.24) is 0 Å². The fourth-order valence-corrected chi connectivity index (χ4v) is 2.36. The van der Waals surface area contributed by atoms with E-state index >= 15 is 0 Å². The van der Waals surface area contributed by atoms with Crippen LogP contribution in [0.5, 0.6) is 0 Å². The fraction of sp³-hybridized carbons (Fsp3) is 1.00. The molecule has 10 atom stereocenters. The average molecular weight is 343 g/mol. The minimum Gasteiger partial charge on any atom is -0.394 e. The third-order valence-electron chi connectivity index (χ3n) is 3.82. The van der Waals surface area contributed by atoms with Gasteiger partial charge in [0.05, 0.1) is 14.6 Å². The van der Waals surface area contributed by atoms with Crippen molar-refractivity contribution in [2.45, 2.75) is 61.4 Å². The van der Waals surface area contributed by atoms with Crippen LogP contribution in [-0.2, 0) is 14.2 Å². The molecule has 136 valence electrons. The number of rotatable bonds is 4. The average Bonchev–Trinajstić information content (AvgIpc) is 2.57. The first-order valence-corrected chi connectivity index (χ1v) is 6.97. The third-order valence-corrected chi connectivity index (χ3v) is 3.82. The lowest BCUT2D eigenvalue weighted by molar-refractivity contribution is -0.376. The van der Waals surface area contributed by atoms with Gasteiger partial charge in [-0.3, -0.25) is 0 Å². The van der Waals surface area contributed by atoms with Gasteiger partial charge in [-0.2, -0.15) is 0 Å². The van der Waals surface area contributed by atoms with Crippen LogP contribution >= 0.6 is 0 Å². The predicted molar refractivity (Wildman–Crippen MR) is 68.6 cm³/mol. The van der Waals surface area contributed by atoms with Gasteiger partial charge in [-0.15, -0.1) is 0 Å². The van der Waals surface area contributed by atoms with Crippen LogP contribution in [0.2, 0.25) is 0 Å². The highest BCUT2D eigenvalue weighted by Crippen LogP contribution is 2.27. The number of ether oxygens (including phenoxy) is 3. The van der Waals surface area contributed by atoms with Crippen molar-refractivity contribution in [3.05, 3.63) is 0 Å². The van der Waals surface area contributed by atoms with E-state index in [9.17, 15) is 30.6 Å². The Balaban J connectivity index is 2.18. The highest BCUT2D eigenvalue weighted by atomic mass is 16.8. The van der Waals surface area contributed by atoms with E-state index in [1.165, 1.54) is 0 Å². The molecule has 0 aromatic rings. The second-order valence-corrected chi connectivity index (χ2v) is 5.40. The van der Waals surface area contributed by atoms with Gasteiger partial charge in [-0.25, -0.2) is 0 Å². The van der Waals surface area contributed by atoms with Crippen LogP contribution in [0.1, 0.15) is 1.37 Å². The first-order chi connectivity index (χ1) is 11.2. The standard InChI is InChI=1S/C12H22O11/c13-1-3-5(15)7(17)9(19)11(21-3)23-12-10(20)8(18)6(16)4(2-14)22-12/h3-20H,1-2H2/t3?,4?,5-,6-,7+,8?,9?,10?,11+,12+/m1/s1/i11D/t3?,4?,5-,6-,7?,8+,9?,10?,11+,12+. The van der Waals surface area contributed by atoms with Crippen LogP contribution in [0, 0.1) is 0 Å². The SMILES string of the molecule is [2H][C@@]1(O[C@@H]2OC(CO)[C@@H](O)[C@H](O)C2O)OC(CO)[C@@H](O)C(O)C1O. The van der Waals surface area contributed by atoms with Gasteiger partial charge in [-0.05, 0) is 0 Å². The quantitative estimate of drug-likeness (QED) is 0.243. The van der Waals surface area contributed by atoms with Crippen LogP contribution in [0.15, 0.2) is 0 Å². The largest absolute Gasteiger partial charge is 0.394 e. The fourth-order valence-electron chi connectivity index (χ4n) is 2.36. The summed E-state index contributed by atoms with van der Waals surface area (Å²) >= 11 is 0. The van der Waals surface area contributed by atoms with Crippen LogP contribution in [-0.4, -0.2) is 115 Å². The van der Waals surface area contributed by atoms with Gasteiger partial charge in [0.25, 0.3) is 0 Å². The van der Waals surface area contributed by atoms with Crippen molar-refractivity contribution in [2.24, 2.45) is 0 Å². The Hall–Kier alpha value is -0.440. The van der Waals surface area contributed by atoms with Crippen LogP contribution in [0.3, 0.4) is 0 Å². The summed E-state index contributed by atoms with van der Waals surface area (Å²) in [5.74, 6) is 0. The van der Waals surface area contributed by atoms with Crippen molar-refractivity contribution in [1.29, 1.82) is 0 Å². The molecule has 8 N–H and O–H groups in total. The minimum atomic E-state index is -2.76. The van der Waals surface area contributed by atoms with E-state index in [4.69, 9.17) is 25.8 Å². The van der Waals surface area contributed by atoms with Crippen molar-refractivity contribution in [3.8, 4) is 0 Å². The Kier molecular flexibility index (Phi) is 5.77. The Bertz CT molecular complexity index is 424. The van der Waals surface area contributed by atoms with Crippen LogP contribution in [0.25, 0.3) is 0 Å². The second-order valence-electron chi connectivity index (χ2n) is 5.40. The number of hydrogen-bond donors (Lipinski definition) is 8. The zero-order chi connectivity index (χ0) is 18.2. The van der Waals surface area contributed by atoms with E-state index in [1.54, 1.807) is 0 Å². The first kappa shape index (κ1) is 17.4. The molecule has 0 spiro atoms. The molecule has 0 aromatic heterocycles. The van der Waals surface area contributed by atoms with Gasteiger partial charge in [0.1, 0.15) is 48.8 Å². The molecule has 2 aliphatic heterocycles. The van der Waals surface area contributed by atoms with E-state index in [2.05, 4.69) is 0 Å². The van der Waals surface area contributed by atoms with E-state index in [0.29, 0.717) is 0 Å². The lowest BCUT2D eigenvalue weighted by Crippen LogP contribution is -2.63. The molecule has 0 aliphatic carbocycles. The Morgan fingerprint density at radius 3 is 1.70 bits per heavy atom. The van der Waals surface area contributed by atoms with Crippen molar-refractivity contribution >= 4 is 0 Å². The first-order valence-electron chi connectivity index (χ1n) is 7.47. The smallest absolute Gasteiger partial charge is 0.189 e. The van der Waals surface area contributed by atoms with Gasteiger partial charge in [0.2, 0.25) is 0 Å². The Morgan fingerprint density at radius 2 is 1.17 bits per heavy atom. The van der Waals surface area contributed by atoms with E-state index in [-0.39, 0.29) is 0 Å². The molecular formula is C12H22O11. The summed E-state index contributed by atoms with van der Waals surface area (Å²) < 4.78 is 22.9. The van der Waals surface area contributed by atoms with Gasteiger partial charge in [0.15, 0.2) is 12.6 Å². The Labute approximate surface area is 132 Å². The molecule has 0 saturated carbocycles. The lowest BCUT2D eigenvalue weighted by Gasteiger charge is -2.44. The van der Waals surface area contributed by atoms with Crippen LogP contribution < -0.4 is 0 Å². The van der Waals surface area contributed by atoms with E-state index < -0.39 is 74.6 Å². The van der Waals surface area contributed by atoms with Crippen molar-refractivity contribution in [3.63, 3.8) is 0 Å². The highest BCUT2D eigenvalue weighted by molar-refractivity contribution is 4.92. The lowest BCUT2D eigenvalue weighted by atomic mass is 9.98. The molecule has 0 radical (unpaired) electrons. The maximum absolute atomic E-state index is 9.91. The zero-order valence-corrected chi connectivity index (χ0v) is 11.9. The number of aliphatic hydroxyl groups excluding tert-OH is 8. The molecular weight excluding hydrogens is 320 g/mol. The molecule has 0 bridgehead atoms. The molecule has 5 unspecified atom stereocenters. The third kappa shape index (κ3) is 3.65. The maximum atomic E-state index is 9.91. The second kappa shape index (κ2) is 7.63. The van der Waals surface area contributed by atoms with Gasteiger partial charge >= 0.3 is 0 Å². The highest BCUT2D eigenvalue weighted by Gasteiger charge is 2.49. The summed E-state index contributed by atoms with van der Waals surface area (Å²) in [7, 11) is 0. The molecule has 2 aliphatic rings. The molecule has 2 saturated heterocycles. The van der Waals surface area contributed by atoms with Gasteiger partial charge in [-0.1, -0.05) is 0 Å². The van der Waals surface area contributed by atoms with Crippen molar-refractivity contribution in [2.75, 3.05) is 13.2 Å². The van der Waals surface area contributed by atoms with Crippen LogP contribution in [0.4, 0.5) is 0 Å². The Morgan fingerprint density at radius 1 is 0.696 bits per heavy atom. The molecule has 2 heterocycles. The summed E-state index contributed by atoms with van der Waals surface area (Å²) in [4.78, 5) is 0. The minimum absolute atomic E-state index is 0.736. The van der Waals surface area contributed by atoms with E-state index in [0.717, 1.165) is 0 Å². The predicted octanol–water partition coefficient (Wildman–Crippen LogP) is -5.40. The van der Waals surface area contributed by atoms with Gasteiger partial charge in [0, 0.05) is 0 Å². The van der Waals surface area contributed by atoms with Gasteiger partial charge < -0.3 is 55.1 Å². The molecule has 11 heteroatoms. The molecule has 2 fully saturated rings. The monoisotopic (exact) mass is 343 g/mol. The number of aliphatic hydroxyl groups is 8. The molecule has 23 heavy (non-hydrogen) atoms. The molecule has 0 aromatic carbocycles.